The Hall–Kier alpha value is -0.390. The van der Waals surface area contributed by atoms with Crippen molar-refractivity contribution in [2.45, 2.75) is 19.3 Å². The van der Waals surface area contributed by atoms with Crippen LogP contribution in [0.25, 0.3) is 0 Å². The molecule has 0 nitrogen and oxygen atoms in total. The third-order valence-corrected chi connectivity index (χ3v) is 0.884. The minimum absolute atomic E-state index is 0.857. The van der Waals surface area contributed by atoms with E-state index in [0.717, 1.165) is 19.3 Å². The minimum atomic E-state index is 0.857. The quantitative estimate of drug-likeness (QED) is 0.374. The van der Waals surface area contributed by atoms with Crippen LogP contribution in [0.1, 0.15) is 19.3 Å². The second kappa shape index (κ2) is 3.79. The molecule has 0 rings (SSSR count). The fourth-order valence-corrected chi connectivity index (χ4v) is 0.375. The molecule has 0 aromatic heterocycles. The summed E-state index contributed by atoms with van der Waals surface area (Å²) in [6.07, 6.45) is 2.84. The summed E-state index contributed by atoms with van der Waals surface area (Å²) in [4.78, 5) is 0. The summed E-state index contributed by atoms with van der Waals surface area (Å²) in [6.45, 7) is 11.1. The Morgan fingerprint density at radius 2 is 2.29 bits per heavy atom. The Balaban J connectivity index is 3.00. The fourth-order valence-electron chi connectivity index (χ4n) is 0.375. The van der Waals surface area contributed by atoms with Crippen LogP contribution in [-0.2, 0) is 0 Å². The van der Waals surface area contributed by atoms with Gasteiger partial charge in [0.25, 0.3) is 0 Å². The van der Waals surface area contributed by atoms with Crippen LogP contribution in [0.3, 0.4) is 0 Å². The summed E-state index contributed by atoms with van der Waals surface area (Å²) in [6, 6.07) is 0. The van der Waals surface area contributed by atoms with E-state index in [0.29, 0.717) is 0 Å². The van der Waals surface area contributed by atoms with Crippen LogP contribution < -0.4 is 0 Å². The number of allylic oxidation sites excluding steroid dienone is 1. The van der Waals surface area contributed by atoms with Crippen molar-refractivity contribution in [2.24, 2.45) is 0 Å². The van der Waals surface area contributed by atoms with Gasteiger partial charge in [0, 0.05) is 0 Å². The van der Waals surface area contributed by atoms with Crippen LogP contribution >= 0.6 is 0 Å². The molecule has 0 saturated carbocycles. The van der Waals surface area contributed by atoms with Crippen molar-refractivity contribution in [3.05, 3.63) is 26.0 Å². The van der Waals surface area contributed by atoms with E-state index < -0.39 is 0 Å². The Bertz CT molecular complexity index is 53.1. The lowest BCUT2D eigenvalue weighted by Crippen LogP contribution is -1.74. The van der Waals surface area contributed by atoms with E-state index in [2.05, 4.69) is 20.4 Å². The van der Waals surface area contributed by atoms with Crippen molar-refractivity contribution in [3.63, 3.8) is 0 Å². The molecular weight excluding hydrogens is 84.1 g/mol. The Morgan fingerprint density at radius 1 is 1.71 bits per heavy atom. The highest BCUT2D eigenvalue weighted by Crippen LogP contribution is 2.03. The molecule has 0 amide bonds. The lowest BCUT2D eigenvalue weighted by Gasteiger charge is -1.94. The maximum absolute atomic E-state index is 3.76. The van der Waals surface area contributed by atoms with E-state index in [1.54, 1.807) is 0 Å². The zero-order valence-corrected chi connectivity index (χ0v) is 4.74. The van der Waals surface area contributed by atoms with E-state index in [1.165, 1.54) is 5.57 Å². The fraction of sp³-hybridized carbons (Fsp3) is 0.429. The molecular formula is C7H12. The second-order valence-corrected chi connectivity index (χ2v) is 1.60. The molecule has 0 aliphatic carbocycles. The summed E-state index contributed by atoms with van der Waals surface area (Å²) < 4.78 is 0. The van der Waals surface area contributed by atoms with Gasteiger partial charge in [-0.2, -0.15) is 6.42 Å². The summed E-state index contributed by atoms with van der Waals surface area (Å²) in [5.74, 6) is 0. The van der Waals surface area contributed by atoms with Crippen LogP contribution in [0.5, 0.6) is 0 Å². The molecule has 0 fully saturated rings. The van der Waals surface area contributed by atoms with Crippen LogP contribution in [0.4, 0.5) is 0 Å². The molecule has 0 aromatic rings. The third kappa shape index (κ3) is 3.44. The first-order valence-electron chi connectivity index (χ1n) is 2.56. The highest BCUT2D eigenvalue weighted by molar-refractivity contribution is 4.94. The zero-order chi connectivity index (χ0) is 5.70. The van der Waals surface area contributed by atoms with Gasteiger partial charge < -0.3 is 6.92 Å². The van der Waals surface area contributed by atoms with Gasteiger partial charge in [-0.3, -0.25) is 0 Å². The number of hydrogen-bond acceptors (Lipinski definition) is 0. The lowest BCUT2D eigenvalue weighted by atomic mass is 10.1. The summed E-state index contributed by atoms with van der Waals surface area (Å²) in [5.41, 5.74) is 1.20. The molecule has 0 aromatic carbocycles. The number of rotatable bonds is 3. The van der Waals surface area contributed by atoms with Crippen LogP contribution in [-0.4, -0.2) is 0 Å². The monoisotopic (exact) mass is 96.1 g/mol. The zero-order valence-electron chi connectivity index (χ0n) is 4.74. The van der Waals surface area contributed by atoms with Crippen molar-refractivity contribution in [3.8, 4) is 0 Å². The predicted octanol–water partition coefficient (Wildman–Crippen LogP) is 2.38. The molecule has 0 spiro atoms. The van der Waals surface area contributed by atoms with Crippen molar-refractivity contribution >= 4 is 0 Å². The Morgan fingerprint density at radius 3 is 2.43 bits per heavy atom. The molecule has 0 radical (unpaired) electrons. The Labute approximate surface area is 46.2 Å². The Kier molecular flexibility index (Phi) is 3.58. The summed E-state index contributed by atoms with van der Waals surface area (Å²) >= 11 is 0. The van der Waals surface area contributed by atoms with Crippen molar-refractivity contribution in [1.29, 1.82) is 0 Å². The van der Waals surface area contributed by atoms with Crippen LogP contribution in [0.2, 0.25) is 0 Å². The van der Waals surface area contributed by atoms with Gasteiger partial charge in [-0.1, -0.05) is 13.0 Å². The lowest BCUT2D eigenvalue weighted by molar-refractivity contribution is 0.943. The molecule has 0 aliphatic rings. The van der Waals surface area contributed by atoms with Gasteiger partial charge in [0.05, 0.1) is 6.92 Å². The number of hydrogen-bond donors (Lipinski definition) is 0. The van der Waals surface area contributed by atoms with Gasteiger partial charge in [-0.15, -0.1) is 0 Å². The van der Waals surface area contributed by atoms with Gasteiger partial charge in [-0.05, 0) is 5.57 Å². The second-order valence-electron chi connectivity index (χ2n) is 1.60. The van der Waals surface area contributed by atoms with Gasteiger partial charge in [-0.25, -0.2) is 0 Å². The van der Waals surface area contributed by atoms with Gasteiger partial charge in [0.2, 0.25) is 0 Å². The average Bonchev–Trinajstić information content (AvgIpc) is 1.68. The van der Waals surface area contributed by atoms with Gasteiger partial charge in [0.1, 0.15) is 6.42 Å². The normalized spacial score (nSPS) is 8.71. The molecule has 0 heterocycles. The van der Waals surface area contributed by atoms with E-state index in [-0.39, 0.29) is 0 Å². The third-order valence-electron chi connectivity index (χ3n) is 0.884. The largest absolute Gasteiger partial charge is 0.343 e. The van der Waals surface area contributed by atoms with E-state index in [4.69, 9.17) is 0 Å². The highest BCUT2D eigenvalue weighted by atomic mass is 13.9. The molecule has 0 heteroatoms. The molecule has 0 atom stereocenters. The van der Waals surface area contributed by atoms with Gasteiger partial charge in [0.15, 0.2) is 0 Å². The van der Waals surface area contributed by atoms with Crippen molar-refractivity contribution in [1.82, 2.24) is 0 Å². The maximum atomic E-state index is 3.76. The van der Waals surface area contributed by atoms with Crippen molar-refractivity contribution < 1.29 is 0 Å². The van der Waals surface area contributed by atoms with Gasteiger partial charge >= 0.3 is 0 Å². The SMILES string of the molecule is C=C(C[CH2+])CC[CH2-]. The smallest absolute Gasteiger partial charge is 0.106 e. The predicted molar refractivity (Wildman–Crippen MR) is 33.7 cm³/mol. The first-order valence-corrected chi connectivity index (χ1v) is 2.56. The first-order chi connectivity index (χ1) is 3.31. The van der Waals surface area contributed by atoms with E-state index in [1.807, 2.05) is 0 Å². The standard InChI is InChI=1S/C7H12/c1-4-6-7(3)5-2/h1-6H2. The minimum Gasteiger partial charge on any atom is -0.343 e. The topological polar surface area (TPSA) is 0 Å². The summed E-state index contributed by atoms with van der Waals surface area (Å²) in [7, 11) is 0. The molecule has 7 heavy (non-hydrogen) atoms. The van der Waals surface area contributed by atoms with Crippen LogP contribution in [0, 0.1) is 13.8 Å². The molecule has 0 bridgehead atoms. The van der Waals surface area contributed by atoms with Crippen molar-refractivity contribution in [2.75, 3.05) is 0 Å². The highest BCUT2D eigenvalue weighted by Gasteiger charge is 1.85. The first kappa shape index (κ1) is 6.61. The van der Waals surface area contributed by atoms with E-state index in [9.17, 15) is 0 Å². The molecule has 40 valence electrons. The molecule has 0 aliphatic heterocycles. The molecule has 0 saturated heterocycles. The average molecular weight is 96.2 g/mol. The summed E-state index contributed by atoms with van der Waals surface area (Å²) in [5, 5.41) is 0. The molecule has 0 N–H and O–H groups in total. The molecule has 0 unspecified atom stereocenters. The van der Waals surface area contributed by atoms with Crippen LogP contribution in [0.15, 0.2) is 12.2 Å². The van der Waals surface area contributed by atoms with E-state index >= 15 is 0 Å². The maximum Gasteiger partial charge on any atom is 0.106 e.